The highest BCUT2D eigenvalue weighted by Crippen LogP contribution is 2.09. The van der Waals surface area contributed by atoms with Crippen LogP contribution in [0.4, 0.5) is 0 Å². The molecule has 1 N–H and O–H groups in total. The van der Waals surface area contributed by atoms with Crippen LogP contribution in [0.15, 0.2) is 4.52 Å². The molecule has 1 unspecified atom stereocenters. The van der Waals surface area contributed by atoms with Gasteiger partial charge in [-0.25, -0.2) is 0 Å². The van der Waals surface area contributed by atoms with Gasteiger partial charge >= 0.3 is 0 Å². The second-order valence-electron chi connectivity index (χ2n) is 4.58. The van der Waals surface area contributed by atoms with Crippen LogP contribution in [0.2, 0.25) is 0 Å². The lowest BCUT2D eigenvalue weighted by Crippen LogP contribution is -2.37. The molecule has 2 rings (SSSR count). The number of nitrogens with zero attached hydrogens (tertiary/aromatic N) is 3. The number of rotatable bonds is 6. The summed E-state index contributed by atoms with van der Waals surface area (Å²) in [7, 11) is 0. The van der Waals surface area contributed by atoms with Crippen molar-refractivity contribution >= 4 is 0 Å². The summed E-state index contributed by atoms with van der Waals surface area (Å²) in [5, 5.41) is 7.44. The molecule has 1 aliphatic rings. The van der Waals surface area contributed by atoms with E-state index in [1.54, 1.807) is 0 Å². The average Bonchev–Trinajstić information content (AvgIpc) is 2.99. The zero-order valence-electron chi connectivity index (χ0n) is 10.8. The molecule has 0 spiro atoms. The summed E-state index contributed by atoms with van der Waals surface area (Å²) < 4.78 is 5.23. The molecule has 0 saturated carbocycles. The minimum atomic E-state index is 0.628. The average molecular weight is 238 g/mol. The van der Waals surface area contributed by atoms with Crippen molar-refractivity contribution in [1.29, 1.82) is 0 Å². The van der Waals surface area contributed by atoms with E-state index in [1.165, 1.54) is 12.8 Å². The van der Waals surface area contributed by atoms with E-state index < -0.39 is 0 Å². The highest BCUT2D eigenvalue weighted by molar-refractivity contribution is 4.86. The summed E-state index contributed by atoms with van der Waals surface area (Å²) in [5.74, 6) is 1.54. The first-order chi connectivity index (χ1) is 8.31. The minimum Gasteiger partial charge on any atom is -0.338 e. The lowest BCUT2D eigenvalue weighted by Gasteiger charge is -2.22. The van der Waals surface area contributed by atoms with Crippen molar-refractivity contribution in [3.8, 4) is 0 Å². The first kappa shape index (κ1) is 12.5. The summed E-state index contributed by atoms with van der Waals surface area (Å²) in [4.78, 5) is 6.71. The Bertz CT molecular complexity index is 333. The Hall–Kier alpha value is -0.940. The number of hydrogen-bond acceptors (Lipinski definition) is 5. The van der Waals surface area contributed by atoms with Gasteiger partial charge < -0.3 is 9.84 Å². The Morgan fingerprint density at radius 2 is 2.35 bits per heavy atom. The number of aromatic nitrogens is 2. The van der Waals surface area contributed by atoms with E-state index in [2.05, 4.69) is 27.3 Å². The van der Waals surface area contributed by atoms with E-state index in [0.717, 1.165) is 44.3 Å². The zero-order valence-corrected chi connectivity index (χ0v) is 10.8. The monoisotopic (exact) mass is 238 g/mol. The van der Waals surface area contributed by atoms with E-state index in [4.69, 9.17) is 4.52 Å². The van der Waals surface area contributed by atoms with E-state index in [1.807, 2.05) is 6.92 Å². The molecule has 0 amide bonds. The smallest absolute Gasteiger partial charge is 0.240 e. The lowest BCUT2D eigenvalue weighted by molar-refractivity contribution is 0.218. The Balaban J connectivity index is 1.85. The predicted octanol–water partition coefficient (Wildman–Crippen LogP) is 1.21. The summed E-state index contributed by atoms with van der Waals surface area (Å²) in [6, 6.07) is 0.628. The molecule has 0 radical (unpaired) electrons. The van der Waals surface area contributed by atoms with Crippen molar-refractivity contribution < 1.29 is 4.52 Å². The molecule has 1 aromatic heterocycles. The van der Waals surface area contributed by atoms with Gasteiger partial charge in [-0.15, -0.1) is 0 Å². The molecule has 5 nitrogen and oxygen atoms in total. The Labute approximate surface area is 103 Å². The largest absolute Gasteiger partial charge is 0.338 e. The molecule has 2 heterocycles. The number of hydrogen-bond donors (Lipinski definition) is 1. The van der Waals surface area contributed by atoms with Gasteiger partial charge in [0.05, 0.1) is 6.54 Å². The molecule has 1 aromatic rings. The standard InChI is InChI=1S/C12H22N4O/c1-3-11-14-12(17-15-11)9-16(4-2)8-10-6-5-7-13-10/h10,13H,3-9H2,1-2H3. The fourth-order valence-electron chi connectivity index (χ4n) is 2.22. The first-order valence-electron chi connectivity index (χ1n) is 6.59. The van der Waals surface area contributed by atoms with Gasteiger partial charge in [-0.2, -0.15) is 4.98 Å². The maximum atomic E-state index is 5.23. The maximum Gasteiger partial charge on any atom is 0.240 e. The summed E-state index contributed by atoms with van der Waals surface area (Å²) in [5.41, 5.74) is 0. The van der Waals surface area contributed by atoms with Crippen LogP contribution in [0, 0.1) is 0 Å². The molecular formula is C12H22N4O. The van der Waals surface area contributed by atoms with Crippen LogP contribution in [0.25, 0.3) is 0 Å². The molecule has 96 valence electrons. The zero-order chi connectivity index (χ0) is 12.1. The first-order valence-corrected chi connectivity index (χ1v) is 6.59. The van der Waals surface area contributed by atoms with Crippen molar-refractivity contribution in [3.05, 3.63) is 11.7 Å². The second-order valence-corrected chi connectivity index (χ2v) is 4.58. The van der Waals surface area contributed by atoms with Crippen LogP contribution in [0.1, 0.15) is 38.4 Å². The third kappa shape index (κ3) is 3.51. The number of nitrogens with one attached hydrogen (secondary N) is 1. The van der Waals surface area contributed by atoms with Gasteiger partial charge in [0.25, 0.3) is 0 Å². The van der Waals surface area contributed by atoms with Crippen LogP contribution >= 0.6 is 0 Å². The van der Waals surface area contributed by atoms with Crippen LogP contribution < -0.4 is 5.32 Å². The van der Waals surface area contributed by atoms with Crippen molar-refractivity contribution in [3.63, 3.8) is 0 Å². The van der Waals surface area contributed by atoms with Crippen molar-refractivity contribution in [1.82, 2.24) is 20.4 Å². The second kappa shape index (κ2) is 6.12. The number of aryl methyl sites for hydroxylation is 1. The molecule has 0 bridgehead atoms. The summed E-state index contributed by atoms with van der Waals surface area (Å²) >= 11 is 0. The van der Waals surface area contributed by atoms with Crippen molar-refractivity contribution in [2.24, 2.45) is 0 Å². The fraction of sp³-hybridized carbons (Fsp3) is 0.833. The molecule has 5 heteroatoms. The molecular weight excluding hydrogens is 216 g/mol. The summed E-state index contributed by atoms with van der Waals surface area (Å²) in [6.45, 7) is 8.22. The molecule has 1 atom stereocenters. The van der Waals surface area contributed by atoms with Crippen LogP contribution in [-0.4, -0.2) is 40.7 Å². The highest BCUT2D eigenvalue weighted by Gasteiger charge is 2.18. The Morgan fingerprint density at radius 1 is 1.47 bits per heavy atom. The predicted molar refractivity (Wildman–Crippen MR) is 65.7 cm³/mol. The number of likely N-dealkylation sites (N-methyl/N-ethyl adjacent to an activating group) is 1. The topological polar surface area (TPSA) is 54.2 Å². The van der Waals surface area contributed by atoms with Gasteiger partial charge in [-0.3, -0.25) is 4.90 Å². The van der Waals surface area contributed by atoms with Crippen LogP contribution in [0.5, 0.6) is 0 Å². The van der Waals surface area contributed by atoms with Crippen molar-refractivity contribution in [2.45, 2.75) is 45.7 Å². The maximum absolute atomic E-state index is 5.23. The molecule has 0 aliphatic carbocycles. The van der Waals surface area contributed by atoms with Crippen LogP contribution in [0.3, 0.4) is 0 Å². The molecule has 1 saturated heterocycles. The lowest BCUT2D eigenvalue weighted by atomic mass is 10.2. The van der Waals surface area contributed by atoms with Gasteiger partial charge in [-0.05, 0) is 25.9 Å². The van der Waals surface area contributed by atoms with E-state index in [0.29, 0.717) is 6.04 Å². The Kier molecular flexibility index (Phi) is 4.50. The third-order valence-electron chi connectivity index (χ3n) is 3.27. The van der Waals surface area contributed by atoms with Crippen LogP contribution in [-0.2, 0) is 13.0 Å². The van der Waals surface area contributed by atoms with E-state index in [9.17, 15) is 0 Å². The quantitative estimate of drug-likeness (QED) is 0.807. The normalized spacial score (nSPS) is 20.3. The van der Waals surface area contributed by atoms with Gasteiger partial charge in [0.1, 0.15) is 0 Å². The van der Waals surface area contributed by atoms with Gasteiger partial charge in [-0.1, -0.05) is 19.0 Å². The fourth-order valence-corrected chi connectivity index (χ4v) is 2.22. The third-order valence-corrected chi connectivity index (χ3v) is 3.27. The molecule has 1 fully saturated rings. The molecule has 17 heavy (non-hydrogen) atoms. The van der Waals surface area contributed by atoms with Gasteiger partial charge in [0.15, 0.2) is 5.82 Å². The van der Waals surface area contributed by atoms with Gasteiger partial charge in [0, 0.05) is 19.0 Å². The Morgan fingerprint density at radius 3 is 2.94 bits per heavy atom. The van der Waals surface area contributed by atoms with Crippen molar-refractivity contribution in [2.75, 3.05) is 19.6 Å². The highest BCUT2D eigenvalue weighted by atomic mass is 16.5. The van der Waals surface area contributed by atoms with E-state index in [-0.39, 0.29) is 0 Å². The van der Waals surface area contributed by atoms with Gasteiger partial charge in [0.2, 0.25) is 5.89 Å². The molecule has 1 aliphatic heterocycles. The molecule has 0 aromatic carbocycles. The summed E-state index contributed by atoms with van der Waals surface area (Å²) in [6.07, 6.45) is 3.41. The minimum absolute atomic E-state index is 0.628. The SMILES string of the molecule is CCc1noc(CN(CC)CC2CCCN2)n1. The van der Waals surface area contributed by atoms with E-state index >= 15 is 0 Å².